The minimum Gasteiger partial charge on any atom is -0.481 e. The lowest BCUT2D eigenvalue weighted by atomic mass is 9.89. The van der Waals surface area contributed by atoms with Gasteiger partial charge in [0.15, 0.2) is 0 Å². The molecule has 7 heteroatoms. The van der Waals surface area contributed by atoms with Gasteiger partial charge in [-0.05, 0) is 23.8 Å². The van der Waals surface area contributed by atoms with Crippen molar-refractivity contribution in [1.82, 2.24) is 9.47 Å². The Kier molecular flexibility index (Phi) is 4.63. The predicted octanol–water partition coefficient (Wildman–Crippen LogP) is 1.98. The van der Waals surface area contributed by atoms with Gasteiger partial charge in [0.25, 0.3) is 5.91 Å². The van der Waals surface area contributed by atoms with Gasteiger partial charge < -0.3 is 14.6 Å². The molecular formula is C18H17ClN2O4. The number of aliphatic carboxylic acids is 1. The Hall–Kier alpha value is -2.60. The number of rotatable bonds is 3. The van der Waals surface area contributed by atoms with E-state index in [9.17, 15) is 19.5 Å². The lowest BCUT2D eigenvalue weighted by molar-refractivity contribution is -0.141. The average Bonchev–Trinajstić information content (AvgIpc) is 3.03. The number of hydrogen-bond acceptors (Lipinski definition) is 3. The second kappa shape index (κ2) is 6.72. The maximum Gasteiger partial charge on any atom is 0.308 e. The van der Waals surface area contributed by atoms with Crippen LogP contribution in [-0.2, 0) is 11.8 Å². The number of hydrogen-bond donors (Lipinski definition) is 1. The quantitative estimate of drug-likeness (QED) is 0.907. The van der Waals surface area contributed by atoms with Gasteiger partial charge in [0, 0.05) is 43.3 Å². The van der Waals surface area contributed by atoms with Crippen LogP contribution in [0.4, 0.5) is 0 Å². The zero-order valence-corrected chi connectivity index (χ0v) is 14.3. The molecule has 25 heavy (non-hydrogen) atoms. The SMILES string of the molecule is Cn1cc(C(=O)N2C[C@@H](C(=O)O)[C@H](c3ccc(Cl)cc3)C2)ccc1=O. The van der Waals surface area contributed by atoms with Gasteiger partial charge in [0.1, 0.15) is 0 Å². The van der Waals surface area contributed by atoms with E-state index < -0.39 is 11.9 Å². The maximum absolute atomic E-state index is 12.7. The fourth-order valence-corrected chi connectivity index (χ4v) is 3.30. The normalized spacial score (nSPS) is 19.8. The van der Waals surface area contributed by atoms with Gasteiger partial charge in [-0.15, -0.1) is 0 Å². The van der Waals surface area contributed by atoms with Crippen molar-refractivity contribution in [3.05, 3.63) is 69.1 Å². The van der Waals surface area contributed by atoms with E-state index in [1.807, 2.05) is 0 Å². The van der Waals surface area contributed by atoms with Crippen molar-refractivity contribution in [3.63, 3.8) is 0 Å². The van der Waals surface area contributed by atoms with Crippen LogP contribution in [0.3, 0.4) is 0 Å². The van der Waals surface area contributed by atoms with Crippen molar-refractivity contribution in [3.8, 4) is 0 Å². The Labute approximate surface area is 149 Å². The van der Waals surface area contributed by atoms with Gasteiger partial charge >= 0.3 is 5.97 Å². The molecule has 0 aliphatic carbocycles. The van der Waals surface area contributed by atoms with Crippen LogP contribution in [0.1, 0.15) is 21.8 Å². The highest BCUT2D eigenvalue weighted by atomic mass is 35.5. The summed E-state index contributed by atoms with van der Waals surface area (Å²) in [4.78, 5) is 37.3. The first kappa shape index (κ1) is 17.2. The Morgan fingerprint density at radius 3 is 2.40 bits per heavy atom. The monoisotopic (exact) mass is 360 g/mol. The number of benzene rings is 1. The summed E-state index contributed by atoms with van der Waals surface area (Å²) < 4.78 is 1.33. The number of aryl methyl sites for hydroxylation is 1. The largest absolute Gasteiger partial charge is 0.481 e. The molecule has 1 amide bonds. The first-order valence-electron chi connectivity index (χ1n) is 7.81. The third-order valence-electron chi connectivity index (χ3n) is 4.56. The molecule has 1 fully saturated rings. The summed E-state index contributed by atoms with van der Waals surface area (Å²) in [5, 5.41) is 10.1. The van der Waals surface area contributed by atoms with Gasteiger partial charge in [-0.25, -0.2) is 0 Å². The van der Waals surface area contributed by atoms with Crippen molar-refractivity contribution in [2.75, 3.05) is 13.1 Å². The van der Waals surface area contributed by atoms with E-state index in [0.717, 1.165) is 5.56 Å². The molecule has 1 aromatic heterocycles. The Bertz CT molecular complexity index is 875. The third-order valence-corrected chi connectivity index (χ3v) is 4.81. The summed E-state index contributed by atoms with van der Waals surface area (Å²) in [5.41, 5.74) is 0.996. The molecule has 1 aliphatic heterocycles. The van der Waals surface area contributed by atoms with Crippen LogP contribution in [-0.4, -0.2) is 39.5 Å². The minimum atomic E-state index is -0.935. The molecule has 3 rings (SSSR count). The van der Waals surface area contributed by atoms with Crippen LogP contribution in [0.2, 0.25) is 5.02 Å². The number of likely N-dealkylation sites (tertiary alicyclic amines) is 1. The average molecular weight is 361 g/mol. The Morgan fingerprint density at radius 2 is 1.80 bits per heavy atom. The van der Waals surface area contributed by atoms with E-state index in [-0.39, 0.29) is 23.9 Å². The van der Waals surface area contributed by atoms with Gasteiger partial charge in [0.05, 0.1) is 11.5 Å². The van der Waals surface area contributed by atoms with Crippen molar-refractivity contribution >= 4 is 23.5 Å². The van der Waals surface area contributed by atoms with E-state index >= 15 is 0 Å². The molecule has 6 nitrogen and oxygen atoms in total. The number of amides is 1. The molecule has 0 radical (unpaired) electrons. The minimum absolute atomic E-state index is 0.129. The lowest BCUT2D eigenvalue weighted by Gasteiger charge is -2.17. The summed E-state index contributed by atoms with van der Waals surface area (Å²) in [6, 6.07) is 9.82. The molecule has 0 spiro atoms. The topological polar surface area (TPSA) is 79.6 Å². The van der Waals surface area contributed by atoms with E-state index in [1.165, 1.54) is 27.8 Å². The van der Waals surface area contributed by atoms with Crippen LogP contribution in [0, 0.1) is 5.92 Å². The summed E-state index contributed by atoms with van der Waals surface area (Å²) >= 11 is 5.90. The second-order valence-electron chi connectivity index (χ2n) is 6.18. The molecule has 1 N–H and O–H groups in total. The fourth-order valence-electron chi connectivity index (χ4n) is 3.17. The van der Waals surface area contributed by atoms with Crippen LogP contribution in [0.15, 0.2) is 47.4 Å². The lowest BCUT2D eigenvalue weighted by Crippen LogP contribution is -2.31. The van der Waals surface area contributed by atoms with Crippen LogP contribution in [0.5, 0.6) is 0 Å². The van der Waals surface area contributed by atoms with Gasteiger partial charge in [0.2, 0.25) is 5.56 Å². The molecule has 130 valence electrons. The first-order chi connectivity index (χ1) is 11.9. The number of carboxylic acid groups (broad SMARTS) is 1. The standard InChI is InChI=1S/C18H17ClN2O4/c1-20-8-12(4-7-16(20)22)17(23)21-9-14(15(10-21)18(24)25)11-2-5-13(19)6-3-11/h2-8,14-15H,9-10H2,1H3,(H,24,25)/t14-,15+/m0/s1. The van der Waals surface area contributed by atoms with Gasteiger partial charge in [-0.2, -0.15) is 0 Å². The van der Waals surface area contributed by atoms with Crippen LogP contribution in [0.25, 0.3) is 0 Å². The molecule has 0 unspecified atom stereocenters. The van der Waals surface area contributed by atoms with E-state index in [4.69, 9.17) is 11.6 Å². The third kappa shape index (κ3) is 3.44. The molecule has 1 aliphatic rings. The number of nitrogens with zero attached hydrogens (tertiary/aromatic N) is 2. The molecule has 1 saturated heterocycles. The van der Waals surface area contributed by atoms with Gasteiger partial charge in [-0.3, -0.25) is 14.4 Å². The highest BCUT2D eigenvalue weighted by Gasteiger charge is 2.40. The number of carbonyl (C=O) groups excluding carboxylic acids is 1. The van der Waals surface area contributed by atoms with Crippen molar-refractivity contribution in [2.45, 2.75) is 5.92 Å². The van der Waals surface area contributed by atoms with Gasteiger partial charge in [-0.1, -0.05) is 23.7 Å². The maximum atomic E-state index is 12.7. The summed E-state index contributed by atoms with van der Waals surface area (Å²) in [6.45, 7) is 0.435. The number of pyridine rings is 1. The summed E-state index contributed by atoms with van der Waals surface area (Å²) in [5.74, 6) is -2.20. The van der Waals surface area contributed by atoms with Crippen LogP contribution < -0.4 is 5.56 Å². The van der Waals surface area contributed by atoms with Crippen molar-refractivity contribution < 1.29 is 14.7 Å². The zero-order valence-electron chi connectivity index (χ0n) is 13.6. The van der Waals surface area contributed by atoms with Crippen molar-refractivity contribution in [1.29, 1.82) is 0 Å². The molecule has 0 bridgehead atoms. The summed E-state index contributed by atoms with van der Waals surface area (Å²) in [6.07, 6.45) is 1.47. The fraction of sp³-hybridized carbons (Fsp3) is 0.278. The van der Waals surface area contributed by atoms with E-state index in [1.54, 1.807) is 31.3 Å². The first-order valence-corrected chi connectivity index (χ1v) is 8.19. The highest BCUT2D eigenvalue weighted by Crippen LogP contribution is 2.34. The number of carboxylic acids is 1. The van der Waals surface area contributed by atoms with E-state index in [0.29, 0.717) is 17.1 Å². The smallest absolute Gasteiger partial charge is 0.308 e. The highest BCUT2D eigenvalue weighted by molar-refractivity contribution is 6.30. The van der Waals surface area contributed by atoms with Crippen LogP contribution >= 0.6 is 11.6 Å². The molecule has 2 aromatic rings. The number of halogens is 1. The van der Waals surface area contributed by atoms with E-state index in [2.05, 4.69) is 0 Å². The molecule has 2 atom stereocenters. The predicted molar refractivity (Wildman–Crippen MR) is 92.9 cm³/mol. The van der Waals surface area contributed by atoms with Crippen molar-refractivity contribution in [2.24, 2.45) is 13.0 Å². The summed E-state index contributed by atoms with van der Waals surface area (Å²) in [7, 11) is 1.57. The molecule has 1 aromatic carbocycles. The molecule has 2 heterocycles. The number of carbonyl (C=O) groups is 2. The Morgan fingerprint density at radius 1 is 1.12 bits per heavy atom. The zero-order chi connectivity index (χ0) is 18.1. The Balaban J connectivity index is 1.87. The second-order valence-corrected chi connectivity index (χ2v) is 6.62. The number of aromatic nitrogens is 1. The molecular weight excluding hydrogens is 344 g/mol. The molecule has 0 saturated carbocycles.